The molecule has 1 amide bonds. The van der Waals surface area contributed by atoms with Gasteiger partial charge in [-0.05, 0) is 23.8 Å². The highest BCUT2D eigenvalue weighted by Gasteiger charge is 2.22. The summed E-state index contributed by atoms with van der Waals surface area (Å²) in [6.45, 7) is 0. The third-order valence-corrected chi connectivity index (χ3v) is 4.09. The fourth-order valence-corrected chi connectivity index (χ4v) is 2.88. The zero-order chi connectivity index (χ0) is 14.7. The first kappa shape index (κ1) is 13.6. The van der Waals surface area contributed by atoms with Crippen LogP contribution in [0.4, 0.5) is 0 Å². The second-order valence-corrected chi connectivity index (χ2v) is 5.50. The van der Waals surface area contributed by atoms with E-state index in [0.29, 0.717) is 4.91 Å². The number of carbonyl (C=O) groups excluding carboxylic acids is 1. The van der Waals surface area contributed by atoms with E-state index < -0.39 is 0 Å². The number of hydrogen-bond acceptors (Lipinski definition) is 3. The van der Waals surface area contributed by atoms with E-state index in [1.165, 1.54) is 11.8 Å². The number of ether oxygens (including phenoxy) is 1. The Bertz CT molecular complexity index is 718. The smallest absolute Gasteiger partial charge is 0.284 e. The predicted octanol–water partition coefficient (Wildman–Crippen LogP) is 3.76. The SMILES string of the molecule is COc1ccc(/C=C2\SC(c3ccccc3)=NC2=O)cc1. The molecule has 0 N–H and O–H groups in total. The van der Waals surface area contributed by atoms with Crippen LogP contribution in [-0.4, -0.2) is 18.1 Å². The quantitative estimate of drug-likeness (QED) is 0.809. The lowest BCUT2D eigenvalue weighted by molar-refractivity contribution is -0.113. The van der Waals surface area contributed by atoms with Crippen LogP contribution in [0.1, 0.15) is 11.1 Å². The van der Waals surface area contributed by atoms with Crippen molar-refractivity contribution in [3.63, 3.8) is 0 Å². The molecule has 0 bridgehead atoms. The van der Waals surface area contributed by atoms with Crippen molar-refractivity contribution in [3.8, 4) is 5.75 Å². The van der Waals surface area contributed by atoms with Crippen molar-refractivity contribution in [2.24, 2.45) is 4.99 Å². The molecule has 0 spiro atoms. The van der Waals surface area contributed by atoms with Gasteiger partial charge in [-0.1, -0.05) is 54.2 Å². The predicted molar refractivity (Wildman–Crippen MR) is 86.5 cm³/mol. The third kappa shape index (κ3) is 3.06. The van der Waals surface area contributed by atoms with Crippen molar-refractivity contribution < 1.29 is 9.53 Å². The van der Waals surface area contributed by atoms with Gasteiger partial charge in [0.05, 0.1) is 12.0 Å². The maximum atomic E-state index is 12.0. The lowest BCUT2D eigenvalue weighted by Crippen LogP contribution is -1.89. The second kappa shape index (κ2) is 5.97. The Morgan fingerprint density at radius 3 is 2.43 bits per heavy atom. The number of rotatable bonds is 3. The minimum absolute atomic E-state index is 0.185. The summed E-state index contributed by atoms with van der Waals surface area (Å²) < 4.78 is 5.12. The highest BCUT2D eigenvalue weighted by atomic mass is 32.2. The molecule has 0 fully saturated rings. The summed E-state index contributed by atoms with van der Waals surface area (Å²) in [4.78, 5) is 16.7. The second-order valence-electron chi connectivity index (χ2n) is 4.47. The van der Waals surface area contributed by atoms with Crippen molar-refractivity contribution >= 4 is 28.8 Å². The van der Waals surface area contributed by atoms with Gasteiger partial charge in [-0.2, -0.15) is 0 Å². The Labute approximate surface area is 127 Å². The van der Waals surface area contributed by atoms with Crippen LogP contribution in [0.25, 0.3) is 6.08 Å². The van der Waals surface area contributed by atoms with Crippen LogP contribution in [0.2, 0.25) is 0 Å². The topological polar surface area (TPSA) is 38.7 Å². The first-order chi connectivity index (χ1) is 10.3. The van der Waals surface area contributed by atoms with E-state index in [-0.39, 0.29) is 5.91 Å². The summed E-state index contributed by atoms with van der Waals surface area (Å²) in [6, 6.07) is 17.3. The van der Waals surface area contributed by atoms with Gasteiger partial charge in [0.15, 0.2) is 0 Å². The molecule has 2 aromatic rings. The molecular weight excluding hydrogens is 282 g/mol. The average Bonchev–Trinajstić information content (AvgIpc) is 2.90. The van der Waals surface area contributed by atoms with E-state index in [2.05, 4.69) is 4.99 Å². The fraction of sp³-hybridized carbons (Fsp3) is 0.0588. The maximum absolute atomic E-state index is 12.0. The Balaban J connectivity index is 1.82. The van der Waals surface area contributed by atoms with Crippen molar-refractivity contribution in [1.29, 1.82) is 0 Å². The molecule has 104 valence electrons. The molecular formula is C17H13NO2S. The summed E-state index contributed by atoms with van der Waals surface area (Å²) in [5.74, 6) is 0.610. The van der Waals surface area contributed by atoms with E-state index in [1.54, 1.807) is 7.11 Å². The van der Waals surface area contributed by atoms with Crippen molar-refractivity contribution in [2.45, 2.75) is 0 Å². The average molecular weight is 295 g/mol. The van der Waals surface area contributed by atoms with E-state index in [9.17, 15) is 4.79 Å². The zero-order valence-electron chi connectivity index (χ0n) is 11.4. The van der Waals surface area contributed by atoms with E-state index >= 15 is 0 Å². The van der Waals surface area contributed by atoms with Crippen LogP contribution >= 0.6 is 11.8 Å². The number of benzene rings is 2. The van der Waals surface area contributed by atoms with Crippen molar-refractivity contribution in [2.75, 3.05) is 7.11 Å². The van der Waals surface area contributed by atoms with Crippen molar-refractivity contribution in [1.82, 2.24) is 0 Å². The van der Waals surface area contributed by atoms with Crippen LogP contribution in [0.3, 0.4) is 0 Å². The summed E-state index contributed by atoms with van der Waals surface area (Å²) in [5, 5.41) is 0.750. The number of amides is 1. The van der Waals surface area contributed by atoms with Gasteiger partial charge in [0.25, 0.3) is 5.91 Å². The molecule has 1 aliphatic rings. The molecule has 0 atom stereocenters. The zero-order valence-corrected chi connectivity index (χ0v) is 12.3. The lowest BCUT2D eigenvalue weighted by Gasteiger charge is -2.00. The lowest BCUT2D eigenvalue weighted by atomic mass is 10.2. The molecule has 3 nitrogen and oxygen atoms in total. The molecule has 0 radical (unpaired) electrons. The molecule has 1 aliphatic heterocycles. The van der Waals surface area contributed by atoms with Gasteiger partial charge in [0, 0.05) is 5.56 Å². The Morgan fingerprint density at radius 2 is 1.76 bits per heavy atom. The van der Waals surface area contributed by atoms with Gasteiger partial charge in [0.1, 0.15) is 10.8 Å². The number of hydrogen-bond donors (Lipinski definition) is 0. The van der Waals surface area contributed by atoms with Crippen molar-refractivity contribution in [3.05, 3.63) is 70.6 Å². The van der Waals surface area contributed by atoms with Gasteiger partial charge in [-0.3, -0.25) is 4.79 Å². The number of nitrogens with zero attached hydrogens (tertiary/aromatic N) is 1. The molecule has 0 aliphatic carbocycles. The summed E-state index contributed by atoms with van der Waals surface area (Å²) in [7, 11) is 1.63. The normalized spacial score (nSPS) is 16.1. The van der Waals surface area contributed by atoms with Gasteiger partial charge in [-0.15, -0.1) is 0 Å². The van der Waals surface area contributed by atoms with Gasteiger partial charge in [-0.25, -0.2) is 4.99 Å². The molecule has 4 heteroatoms. The minimum atomic E-state index is -0.185. The number of methoxy groups -OCH3 is 1. The Hall–Kier alpha value is -2.33. The Morgan fingerprint density at radius 1 is 1.05 bits per heavy atom. The van der Waals surface area contributed by atoms with Gasteiger partial charge >= 0.3 is 0 Å². The number of aliphatic imine (C=N–C) groups is 1. The molecule has 3 rings (SSSR count). The van der Waals surface area contributed by atoms with Crippen LogP contribution in [0.5, 0.6) is 5.75 Å². The maximum Gasteiger partial charge on any atom is 0.284 e. The monoisotopic (exact) mass is 295 g/mol. The summed E-state index contributed by atoms with van der Waals surface area (Å²) in [6.07, 6.45) is 1.85. The van der Waals surface area contributed by atoms with Crippen LogP contribution in [0, 0.1) is 0 Å². The third-order valence-electron chi connectivity index (χ3n) is 3.05. The van der Waals surface area contributed by atoms with E-state index in [0.717, 1.165) is 21.9 Å². The number of carbonyl (C=O) groups is 1. The Kier molecular flexibility index (Phi) is 3.88. The van der Waals surface area contributed by atoms with Gasteiger partial charge < -0.3 is 4.74 Å². The molecule has 0 saturated heterocycles. The number of thioether (sulfide) groups is 1. The van der Waals surface area contributed by atoms with Crippen LogP contribution in [-0.2, 0) is 4.79 Å². The minimum Gasteiger partial charge on any atom is -0.497 e. The molecule has 0 aromatic heterocycles. The van der Waals surface area contributed by atoms with Crippen LogP contribution in [0.15, 0.2) is 64.5 Å². The largest absolute Gasteiger partial charge is 0.497 e. The highest BCUT2D eigenvalue weighted by Crippen LogP contribution is 2.31. The molecule has 0 unspecified atom stereocenters. The summed E-state index contributed by atoms with van der Waals surface area (Å²) >= 11 is 1.41. The molecule has 21 heavy (non-hydrogen) atoms. The standard InChI is InChI=1S/C17H13NO2S/c1-20-14-9-7-12(8-10-14)11-15-16(19)18-17(21-15)13-5-3-2-4-6-13/h2-11H,1H3/b15-11-. The molecule has 0 saturated carbocycles. The molecule has 2 aromatic carbocycles. The van der Waals surface area contributed by atoms with Crippen LogP contribution < -0.4 is 4.74 Å². The highest BCUT2D eigenvalue weighted by molar-refractivity contribution is 8.19. The molecule has 1 heterocycles. The van der Waals surface area contributed by atoms with E-state index in [1.807, 2.05) is 60.7 Å². The first-order valence-corrected chi connectivity index (χ1v) is 7.30. The fourth-order valence-electron chi connectivity index (χ4n) is 1.96. The van der Waals surface area contributed by atoms with Gasteiger partial charge in [0.2, 0.25) is 0 Å². The summed E-state index contributed by atoms with van der Waals surface area (Å²) in [5.41, 5.74) is 1.92. The first-order valence-electron chi connectivity index (χ1n) is 6.48. The van der Waals surface area contributed by atoms with E-state index in [4.69, 9.17) is 4.74 Å².